The first kappa shape index (κ1) is 27.9. The summed E-state index contributed by atoms with van der Waals surface area (Å²) in [4.78, 5) is 38.2. The Bertz CT molecular complexity index is 1080. The van der Waals surface area contributed by atoms with E-state index in [0.29, 0.717) is 12.2 Å². The Labute approximate surface area is 224 Å². The fourth-order valence-corrected chi connectivity index (χ4v) is 6.12. The van der Waals surface area contributed by atoms with Gasteiger partial charge in [-0.1, -0.05) is 49.1 Å². The Morgan fingerprint density at radius 2 is 1.66 bits per heavy atom. The van der Waals surface area contributed by atoms with Crippen LogP contribution in [0.25, 0.3) is 11.1 Å². The number of nitrogens with zero attached hydrogens (tertiary/aromatic N) is 1. The van der Waals surface area contributed by atoms with Crippen LogP contribution in [-0.2, 0) is 9.59 Å². The summed E-state index contributed by atoms with van der Waals surface area (Å²) < 4.78 is 5.56. The first-order valence-electron chi connectivity index (χ1n) is 13.9. The van der Waals surface area contributed by atoms with Crippen LogP contribution in [0.15, 0.2) is 41.0 Å². The molecule has 0 unspecified atom stereocenters. The van der Waals surface area contributed by atoms with Crippen LogP contribution < -0.4 is 5.32 Å². The highest BCUT2D eigenvalue weighted by Gasteiger charge is 2.36. The third kappa shape index (κ3) is 7.04. The van der Waals surface area contributed by atoms with E-state index in [1.54, 1.807) is 6.26 Å². The van der Waals surface area contributed by atoms with E-state index in [-0.39, 0.29) is 23.8 Å². The number of rotatable bonds is 11. The van der Waals surface area contributed by atoms with Gasteiger partial charge in [-0.15, -0.1) is 0 Å². The molecule has 1 aromatic heterocycles. The van der Waals surface area contributed by atoms with Crippen molar-refractivity contribution in [3.63, 3.8) is 0 Å². The van der Waals surface area contributed by atoms with Crippen molar-refractivity contribution >= 4 is 17.8 Å². The maximum absolute atomic E-state index is 13.0. The summed E-state index contributed by atoms with van der Waals surface area (Å²) in [5.41, 5.74) is 2.94. The van der Waals surface area contributed by atoms with Gasteiger partial charge in [0.1, 0.15) is 0 Å². The van der Waals surface area contributed by atoms with E-state index < -0.39 is 17.9 Å². The molecule has 8 nitrogen and oxygen atoms in total. The Morgan fingerprint density at radius 1 is 1.00 bits per heavy atom. The van der Waals surface area contributed by atoms with E-state index in [2.05, 4.69) is 10.2 Å². The molecule has 0 radical (unpaired) electrons. The number of likely N-dealkylation sites (tertiary alicyclic amines) is 1. The number of amides is 1. The maximum Gasteiger partial charge on any atom is 0.317 e. The van der Waals surface area contributed by atoms with E-state index in [9.17, 15) is 24.6 Å². The number of carboxylic acid groups (broad SMARTS) is 2. The molecule has 0 atom stereocenters. The van der Waals surface area contributed by atoms with Crippen molar-refractivity contribution in [3.05, 3.63) is 47.9 Å². The van der Waals surface area contributed by atoms with Crippen LogP contribution in [0.4, 0.5) is 0 Å². The molecular formula is C30H40N2O6. The molecule has 1 aliphatic carbocycles. The summed E-state index contributed by atoms with van der Waals surface area (Å²) in [5, 5.41) is 21.8. The summed E-state index contributed by atoms with van der Waals surface area (Å²) in [6.45, 7) is 4.72. The van der Waals surface area contributed by atoms with Gasteiger partial charge in [0.15, 0.2) is 11.7 Å². The molecule has 2 aliphatic rings. The molecule has 8 heteroatoms. The van der Waals surface area contributed by atoms with Crippen molar-refractivity contribution in [3.8, 4) is 11.1 Å². The molecule has 206 valence electrons. The Balaban J connectivity index is 1.27. The lowest BCUT2D eigenvalue weighted by atomic mass is 9.68. The van der Waals surface area contributed by atoms with Crippen molar-refractivity contribution in [2.45, 2.75) is 77.2 Å². The fraction of sp³-hybridized carbons (Fsp3) is 0.567. The molecule has 3 N–H and O–H groups in total. The van der Waals surface area contributed by atoms with Crippen molar-refractivity contribution < 1.29 is 29.0 Å². The summed E-state index contributed by atoms with van der Waals surface area (Å²) >= 11 is 0. The number of benzene rings is 1. The molecule has 1 aromatic carbocycles. The van der Waals surface area contributed by atoms with E-state index >= 15 is 0 Å². The van der Waals surface area contributed by atoms with E-state index in [1.165, 1.54) is 6.42 Å². The Hall–Kier alpha value is -3.13. The molecule has 1 aliphatic heterocycles. The first-order valence-corrected chi connectivity index (χ1v) is 13.9. The smallest absolute Gasteiger partial charge is 0.317 e. The predicted octanol–water partition coefficient (Wildman–Crippen LogP) is 5.36. The predicted molar refractivity (Wildman–Crippen MR) is 144 cm³/mol. The number of piperidine rings is 1. The molecule has 2 aromatic rings. The van der Waals surface area contributed by atoms with Crippen LogP contribution >= 0.6 is 0 Å². The second-order valence-electron chi connectivity index (χ2n) is 11.2. The molecule has 4 rings (SSSR count). The van der Waals surface area contributed by atoms with Gasteiger partial charge in [0.2, 0.25) is 0 Å². The molecule has 0 bridgehead atoms. The minimum Gasteiger partial charge on any atom is -0.481 e. The molecule has 2 heterocycles. The highest BCUT2D eigenvalue weighted by atomic mass is 16.4. The van der Waals surface area contributed by atoms with Gasteiger partial charge in [-0.05, 0) is 75.5 Å². The van der Waals surface area contributed by atoms with Crippen molar-refractivity contribution in [1.82, 2.24) is 10.2 Å². The van der Waals surface area contributed by atoms with Crippen LogP contribution in [0.3, 0.4) is 0 Å². The summed E-state index contributed by atoms with van der Waals surface area (Å²) in [7, 11) is 0. The Morgan fingerprint density at radius 3 is 2.29 bits per heavy atom. The normalized spacial score (nSPS) is 18.4. The minimum atomic E-state index is -1.33. The number of hydrogen-bond acceptors (Lipinski definition) is 5. The monoisotopic (exact) mass is 524 g/mol. The zero-order valence-corrected chi connectivity index (χ0v) is 22.3. The highest BCUT2D eigenvalue weighted by molar-refractivity contribution is 5.98. The molecule has 1 amide bonds. The molecule has 1 saturated heterocycles. The second kappa shape index (κ2) is 12.6. The van der Waals surface area contributed by atoms with Gasteiger partial charge in [-0.25, -0.2) is 0 Å². The number of carbonyl (C=O) groups excluding carboxylic acids is 1. The van der Waals surface area contributed by atoms with Crippen LogP contribution in [0, 0.1) is 18.3 Å². The molecule has 2 fully saturated rings. The number of aryl methyl sites for hydroxylation is 1. The average Bonchev–Trinajstić information content (AvgIpc) is 3.39. The Kier molecular flexibility index (Phi) is 9.26. The summed E-state index contributed by atoms with van der Waals surface area (Å²) in [6.07, 6.45) is 10.6. The van der Waals surface area contributed by atoms with E-state index in [4.69, 9.17) is 4.42 Å². The van der Waals surface area contributed by atoms with Crippen LogP contribution in [-0.4, -0.2) is 58.6 Å². The SMILES string of the molecule is Cc1ccc(-c2ccoc2C(=O)NC2CCN(CCC3(CCC(C(=O)O)C(=O)O)CCCCC3)CC2)cc1. The van der Waals surface area contributed by atoms with Crippen LogP contribution in [0.2, 0.25) is 0 Å². The van der Waals surface area contributed by atoms with E-state index in [0.717, 1.165) is 81.3 Å². The van der Waals surface area contributed by atoms with Gasteiger partial charge in [-0.2, -0.15) is 0 Å². The third-order valence-electron chi connectivity index (χ3n) is 8.59. The van der Waals surface area contributed by atoms with Crippen LogP contribution in [0.1, 0.15) is 80.3 Å². The zero-order chi connectivity index (χ0) is 27.1. The number of carboxylic acids is 2. The van der Waals surface area contributed by atoms with Gasteiger partial charge in [0.25, 0.3) is 5.91 Å². The average molecular weight is 525 g/mol. The van der Waals surface area contributed by atoms with Gasteiger partial charge in [-0.3, -0.25) is 14.4 Å². The van der Waals surface area contributed by atoms with Crippen molar-refractivity contribution in [2.75, 3.05) is 19.6 Å². The van der Waals surface area contributed by atoms with Crippen LogP contribution in [0.5, 0.6) is 0 Å². The standard InChI is InChI=1S/C30H40N2O6/c1-21-5-7-22(8-6-21)24-12-20-38-26(24)27(33)31-23-10-17-32(18-11-23)19-16-30(13-3-2-4-14-30)15-9-25(28(34)35)29(36)37/h5-8,12,20,23,25H,2-4,9-11,13-19H2,1H3,(H,31,33)(H,34,35)(H,36,37). The van der Waals surface area contributed by atoms with Gasteiger partial charge < -0.3 is 24.8 Å². The number of aliphatic carboxylic acids is 2. The topological polar surface area (TPSA) is 120 Å². The molecule has 38 heavy (non-hydrogen) atoms. The molecule has 0 spiro atoms. The van der Waals surface area contributed by atoms with Crippen molar-refractivity contribution in [2.24, 2.45) is 11.3 Å². The lowest BCUT2D eigenvalue weighted by Gasteiger charge is -2.40. The van der Waals surface area contributed by atoms with Gasteiger partial charge in [0.05, 0.1) is 6.26 Å². The van der Waals surface area contributed by atoms with Gasteiger partial charge in [0, 0.05) is 24.7 Å². The molecule has 1 saturated carbocycles. The largest absolute Gasteiger partial charge is 0.481 e. The molecular weight excluding hydrogens is 484 g/mol. The zero-order valence-electron chi connectivity index (χ0n) is 22.3. The van der Waals surface area contributed by atoms with Gasteiger partial charge >= 0.3 is 11.9 Å². The number of carbonyl (C=O) groups is 3. The minimum absolute atomic E-state index is 0.0259. The third-order valence-corrected chi connectivity index (χ3v) is 8.59. The summed E-state index contributed by atoms with van der Waals surface area (Å²) in [5.74, 6) is -3.65. The number of hydrogen-bond donors (Lipinski definition) is 3. The lowest BCUT2D eigenvalue weighted by Crippen LogP contribution is -2.45. The number of nitrogens with one attached hydrogen (secondary N) is 1. The highest BCUT2D eigenvalue weighted by Crippen LogP contribution is 2.44. The maximum atomic E-state index is 13.0. The summed E-state index contributed by atoms with van der Waals surface area (Å²) in [6, 6.07) is 9.96. The first-order chi connectivity index (χ1) is 18.3. The lowest BCUT2D eigenvalue weighted by molar-refractivity contribution is -0.155. The quantitative estimate of drug-likeness (QED) is 0.339. The fourth-order valence-electron chi connectivity index (χ4n) is 6.12. The second-order valence-corrected chi connectivity index (χ2v) is 11.2. The van der Waals surface area contributed by atoms with E-state index in [1.807, 2.05) is 37.3 Å². The van der Waals surface area contributed by atoms with Crippen molar-refractivity contribution in [1.29, 1.82) is 0 Å². The number of furan rings is 1.